The summed E-state index contributed by atoms with van der Waals surface area (Å²) in [7, 11) is 1.78. The van der Waals surface area contributed by atoms with E-state index in [-0.39, 0.29) is 6.09 Å². The molecule has 0 spiro atoms. The van der Waals surface area contributed by atoms with Crippen molar-refractivity contribution in [2.45, 2.75) is 52.7 Å². The summed E-state index contributed by atoms with van der Waals surface area (Å²) in [6.07, 6.45) is 3.78. The molecule has 9 heteroatoms. The molecule has 1 aromatic heterocycles. The molecule has 0 aromatic carbocycles. The van der Waals surface area contributed by atoms with Gasteiger partial charge in [0.15, 0.2) is 5.96 Å². The molecule has 1 aromatic rings. The SMILES string of the molecule is CCc1cnc(CNC(=NC)NCCCN2CCN(C(=O)OC(C)(C)C)CC2)s1. The number of rotatable bonds is 7. The smallest absolute Gasteiger partial charge is 0.410 e. The molecule has 0 bridgehead atoms. The predicted octanol–water partition coefficient (Wildman–Crippen LogP) is 2.31. The molecule has 1 saturated heterocycles. The quantitative estimate of drug-likeness (QED) is 0.397. The monoisotopic (exact) mass is 424 g/mol. The summed E-state index contributed by atoms with van der Waals surface area (Å²) in [6, 6.07) is 0. The number of aromatic nitrogens is 1. The van der Waals surface area contributed by atoms with Gasteiger partial charge in [0.1, 0.15) is 10.6 Å². The van der Waals surface area contributed by atoms with Crippen LogP contribution in [0.15, 0.2) is 11.2 Å². The number of hydrogen-bond donors (Lipinski definition) is 2. The Kier molecular flexibility index (Phi) is 9.16. The average Bonchev–Trinajstić information content (AvgIpc) is 3.14. The number of thiazole rings is 1. The molecule has 2 N–H and O–H groups in total. The van der Waals surface area contributed by atoms with Crippen molar-refractivity contribution in [3.63, 3.8) is 0 Å². The van der Waals surface area contributed by atoms with Crippen LogP contribution in [0.25, 0.3) is 0 Å². The third kappa shape index (κ3) is 8.57. The van der Waals surface area contributed by atoms with E-state index in [0.717, 1.165) is 63.1 Å². The first-order chi connectivity index (χ1) is 13.8. The molecule has 29 heavy (non-hydrogen) atoms. The zero-order valence-corrected chi connectivity index (χ0v) is 19.3. The van der Waals surface area contributed by atoms with Crippen molar-refractivity contribution in [2.24, 2.45) is 4.99 Å². The maximum absolute atomic E-state index is 12.1. The van der Waals surface area contributed by atoms with Crippen LogP contribution in [0, 0.1) is 0 Å². The molecule has 0 aliphatic carbocycles. The van der Waals surface area contributed by atoms with Gasteiger partial charge in [0, 0.05) is 50.8 Å². The molecule has 0 saturated carbocycles. The number of guanidine groups is 1. The molecule has 0 atom stereocenters. The summed E-state index contributed by atoms with van der Waals surface area (Å²) in [5.74, 6) is 0.799. The minimum absolute atomic E-state index is 0.208. The first-order valence-electron chi connectivity index (χ1n) is 10.4. The van der Waals surface area contributed by atoms with Gasteiger partial charge in [-0.3, -0.25) is 9.89 Å². The van der Waals surface area contributed by atoms with E-state index in [1.165, 1.54) is 4.88 Å². The number of hydrogen-bond acceptors (Lipinski definition) is 6. The summed E-state index contributed by atoms with van der Waals surface area (Å²) in [4.78, 5) is 26.3. The second kappa shape index (κ2) is 11.3. The Bertz CT molecular complexity index is 662. The third-order valence-electron chi connectivity index (χ3n) is 4.55. The Hall–Kier alpha value is -1.87. The Labute approximate surface area is 178 Å². The number of piperazine rings is 1. The fourth-order valence-electron chi connectivity index (χ4n) is 2.96. The van der Waals surface area contributed by atoms with Gasteiger partial charge in [-0.05, 0) is 40.2 Å². The number of nitrogens with one attached hydrogen (secondary N) is 2. The van der Waals surface area contributed by atoms with E-state index >= 15 is 0 Å². The number of amides is 1. The second-order valence-electron chi connectivity index (χ2n) is 8.09. The van der Waals surface area contributed by atoms with Gasteiger partial charge in [-0.2, -0.15) is 0 Å². The van der Waals surface area contributed by atoms with E-state index in [4.69, 9.17) is 4.74 Å². The third-order valence-corrected chi connectivity index (χ3v) is 5.69. The maximum Gasteiger partial charge on any atom is 0.410 e. The lowest BCUT2D eigenvalue weighted by atomic mass is 10.2. The number of aryl methyl sites for hydroxylation is 1. The zero-order valence-electron chi connectivity index (χ0n) is 18.5. The van der Waals surface area contributed by atoms with Crippen molar-refractivity contribution in [3.05, 3.63) is 16.1 Å². The van der Waals surface area contributed by atoms with Crippen LogP contribution in [-0.4, -0.2) is 78.8 Å². The van der Waals surface area contributed by atoms with Gasteiger partial charge in [-0.1, -0.05) is 6.92 Å². The van der Waals surface area contributed by atoms with Gasteiger partial charge in [0.2, 0.25) is 0 Å². The van der Waals surface area contributed by atoms with Crippen LogP contribution in [0.2, 0.25) is 0 Å². The lowest BCUT2D eigenvalue weighted by Gasteiger charge is -2.35. The summed E-state index contributed by atoms with van der Waals surface area (Å²) < 4.78 is 5.45. The highest BCUT2D eigenvalue weighted by Gasteiger charge is 2.25. The van der Waals surface area contributed by atoms with Gasteiger partial charge >= 0.3 is 6.09 Å². The largest absolute Gasteiger partial charge is 0.444 e. The highest BCUT2D eigenvalue weighted by Crippen LogP contribution is 2.13. The Morgan fingerprint density at radius 2 is 2.00 bits per heavy atom. The maximum atomic E-state index is 12.1. The summed E-state index contributed by atoms with van der Waals surface area (Å²) in [5, 5.41) is 7.75. The highest BCUT2D eigenvalue weighted by molar-refractivity contribution is 7.11. The van der Waals surface area contributed by atoms with Crippen LogP contribution < -0.4 is 10.6 Å². The topological polar surface area (TPSA) is 82.1 Å². The summed E-state index contributed by atoms with van der Waals surface area (Å²) in [6.45, 7) is 13.6. The van der Waals surface area contributed by atoms with E-state index < -0.39 is 5.60 Å². The molecule has 2 rings (SSSR count). The molecule has 8 nitrogen and oxygen atoms in total. The lowest BCUT2D eigenvalue weighted by molar-refractivity contribution is 0.0145. The fraction of sp³-hybridized carbons (Fsp3) is 0.750. The van der Waals surface area contributed by atoms with Gasteiger partial charge in [-0.15, -0.1) is 11.3 Å². The van der Waals surface area contributed by atoms with E-state index in [0.29, 0.717) is 6.54 Å². The van der Waals surface area contributed by atoms with Crippen molar-refractivity contribution in [1.29, 1.82) is 0 Å². The summed E-state index contributed by atoms with van der Waals surface area (Å²) in [5.41, 5.74) is -0.440. The van der Waals surface area contributed by atoms with Gasteiger partial charge in [0.25, 0.3) is 0 Å². The Balaban J connectivity index is 1.59. The number of carbonyl (C=O) groups excluding carboxylic acids is 1. The van der Waals surface area contributed by atoms with Gasteiger partial charge in [0.05, 0.1) is 6.54 Å². The van der Waals surface area contributed by atoms with Crippen molar-refractivity contribution in [3.8, 4) is 0 Å². The molecule has 2 heterocycles. The van der Waals surface area contributed by atoms with Crippen molar-refractivity contribution >= 4 is 23.4 Å². The first-order valence-corrected chi connectivity index (χ1v) is 11.2. The van der Waals surface area contributed by atoms with Crippen LogP contribution in [0.4, 0.5) is 4.79 Å². The molecule has 1 fully saturated rings. The Morgan fingerprint density at radius 3 is 2.59 bits per heavy atom. The predicted molar refractivity (Wildman–Crippen MR) is 119 cm³/mol. The number of carbonyl (C=O) groups is 1. The molecular formula is C20H36N6O2S. The normalized spacial score (nSPS) is 16.0. The molecule has 1 aliphatic rings. The van der Waals surface area contributed by atoms with Crippen LogP contribution >= 0.6 is 11.3 Å². The van der Waals surface area contributed by atoms with Crippen molar-refractivity contribution < 1.29 is 9.53 Å². The van der Waals surface area contributed by atoms with Crippen LogP contribution in [0.1, 0.15) is 44.0 Å². The van der Waals surface area contributed by atoms with Crippen LogP contribution in [-0.2, 0) is 17.7 Å². The van der Waals surface area contributed by atoms with E-state index in [9.17, 15) is 4.79 Å². The van der Waals surface area contributed by atoms with Crippen LogP contribution in [0.5, 0.6) is 0 Å². The minimum atomic E-state index is -0.440. The number of nitrogens with zero attached hydrogens (tertiary/aromatic N) is 4. The van der Waals surface area contributed by atoms with Gasteiger partial charge < -0.3 is 20.3 Å². The molecule has 0 radical (unpaired) electrons. The van der Waals surface area contributed by atoms with E-state index in [1.54, 1.807) is 23.3 Å². The highest BCUT2D eigenvalue weighted by atomic mass is 32.1. The van der Waals surface area contributed by atoms with Crippen molar-refractivity contribution in [2.75, 3.05) is 46.3 Å². The lowest BCUT2D eigenvalue weighted by Crippen LogP contribution is -2.50. The standard InChI is InChI=1S/C20H36N6O2S/c1-6-16-14-23-17(29-16)15-24-18(21-5)22-8-7-9-25-10-12-26(13-11-25)19(27)28-20(2,3)4/h14H,6-13,15H2,1-5H3,(H2,21,22,24). The number of aliphatic imine (C=N–C) groups is 1. The second-order valence-corrected chi connectivity index (χ2v) is 9.29. The fourth-order valence-corrected chi connectivity index (χ4v) is 3.77. The molecule has 164 valence electrons. The van der Waals surface area contributed by atoms with E-state index in [2.05, 4.69) is 32.4 Å². The molecular weight excluding hydrogens is 388 g/mol. The summed E-state index contributed by atoms with van der Waals surface area (Å²) >= 11 is 1.74. The Morgan fingerprint density at radius 1 is 1.28 bits per heavy atom. The molecule has 1 amide bonds. The molecule has 1 aliphatic heterocycles. The zero-order chi connectivity index (χ0) is 21.3. The van der Waals surface area contributed by atoms with Gasteiger partial charge in [-0.25, -0.2) is 9.78 Å². The number of ether oxygens (including phenoxy) is 1. The van der Waals surface area contributed by atoms with Crippen molar-refractivity contribution in [1.82, 2.24) is 25.4 Å². The van der Waals surface area contributed by atoms with Crippen LogP contribution in [0.3, 0.4) is 0 Å². The average molecular weight is 425 g/mol. The first kappa shape index (κ1) is 23.4. The molecule has 0 unspecified atom stereocenters. The minimum Gasteiger partial charge on any atom is -0.444 e. The van der Waals surface area contributed by atoms with E-state index in [1.807, 2.05) is 27.0 Å².